The molecule has 0 aliphatic heterocycles. The summed E-state index contributed by atoms with van der Waals surface area (Å²) < 4.78 is 27.4. The minimum absolute atomic E-state index is 0.215. The Balaban J connectivity index is 1.94. The molecular formula is C37H49FO4S. The van der Waals surface area contributed by atoms with E-state index >= 15 is 4.39 Å². The molecule has 0 bridgehead atoms. The molecule has 0 radical (unpaired) electrons. The van der Waals surface area contributed by atoms with Gasteiger partial charge in [0.25, 0.3) is 0 Å². The van der Waals surface area contributed by atoms with E-state index in [9.17, 15) is 9.59 Å². The number of benzene rings is 2. The molecule has 3 rings (SSSR count). The zero-order chi connectivity index (χ0) is 31.4. The standard InChI is InChI=1S/C37H49FO4S/c1-6-7-10-13-27-15-17-28(18-16-27)29-19-20-31(33(38)22-29)32-24-34(41-36(39)25(2)3)30(14-11-8-9-12-21-43)23-35(32)42-37(40)26(4)5/h19-20,22-24,27-28,43H,2,4,6-18,21H2,1,3,5H3. The lowest BCUT2D eigenvalue weighted by Gasteiger charge is -2.29. The Labute approximate surface area is 263 Å². The molecule has 4 nitrogen and oxygen atoms in total. The van der Waals surface area contributed by atoms with Crippen LogP contribution in [0, 0.1) is 11.7 Å². The number of hydrogen-bond donors (Lipinski definition) is 1. The summed E-state index contributed by atoms with van der Waals surface area (Å²) in [5, 5.41) is 0. The van der Waals surface area contributed by atoms with E-state index in [0.717, 1.165) is 55.8 Å². The molecule has 0 N–H and O–H groups in total. The van der Waals surface area contributed by atoms with Crippen LogP contribution in [-0.4, -0.2) is 17.7 Å². The molecule has 2 aromatic rings. The zero-order valence-electron chi connectivity index (χ0n) is 26.3. The van der Waals surface area contributed by atoms with Crippen molar-refractivity contribution in [3.63, 3.8) is 0 Å². The van der Waals surface area contributed by atoms with Crippen molar-refractivity contribution in [1.29, 1.82) is 0 Å². The second-order valence-corrected chi connectivity index (χ2v) is 12.6. The lowest BCUT2D eigenvalue weighted by Crippen LogP contribution is -2.14. The van der Waals surface area contributed by atoms with E-state index in [2.05, 4.69) is 32.7 Å². The monoisotopic (exact) mass is 608 g/mol. The molecule has 0 aromatic heterocycles. The fraction of sp³-hybridized carbons (Fsp3) is 0.514. The predicted molar refractivity (Wildman–Crippen MR) is 178 cm³/mol. The van der Waals surface area contributed by atoms with Crippen molar-refractivity contribution >= 4 is 24.6 Å². The van der Waals surface area contributed by atoms with Crippen LogP contribution in [0.2, 0.25) is 0 Å². The van der Waals surface area contributed by atoms with E-state index in [0.29, 0.717) is 29.2 Å². The molecule has 234 valence electrons. The van der Waals surface area contributed by atoms with Crippen molar-refractivity contribution < 1.29 is 23.5 Å². The summed E-state index contributed by atoms with van der Waals surface area (Å²) in [5.74, 6) is 0.928. The molecule has 0 amide bonds. The number of carbonyl (C=O) groups is 2. The van der Waals surface area contributed by atoms with Gasteiger partial charge in [-0.2, -0.15) is 12.6 Å². The van der Waals surface area contributed by atoms with Crippen LogP contribution in [0.1, 0.15) is 115 Å². The number of carbonyl (C=O) groups excluding carboxylic acids is 2. The summed E-state index contributed by atoms with van der Waals surface area (Å²) in [5.41, 5.74) is 2.84. The van der Waals surface area contributed by atoms with Gasteiger partial charge in [0.2, 0.25) is 0 Å². The summed E-state index contributed by atoms with van der Waals surface area (Å²) in [6.07, 6.45) is 14.1. The molecule has 0 spiro atoms. The zero-order valence-corrected chi connectivity index (χ0v) is 27.2. The molecule has 43 heavy (non-hydrogen) atoms. The number of esters is 2. The summed E-state index contributed by atoms with van der Waals surface area (Å²) >= 11 is 4.28. The van der Waals surface area contributed by atoms with Crippen LogP contribution in [0.15, 0.2) is 54.6 Å². The summed E-state index contributed by atoms with van der Waals surface area (Å²) in [6, 6.07) is 8.68. The number of thiol groups is 1. The van der Waals surface area contributed by atoms with E-state index in [1.54, 1.807) is 38.1 Å². The highest BCUT2D eigenvalue weighted by atomic mass is 32.1. The average Bonchev–Trinajstić information content (AvgIpc) is 2.98. The van der Waals surface area contributed by atoms with Gasteiger partial charge in [-0.25, -0.2) is 14.0 Å². The Morgan fingerprint density at radius 1 is 0.837 bits per heavy atom. The first-order valence-corrected chi connectivity index (χ1v) is 16.6. The van der Waals surface area contributed by atoms with E-state index < -0.39 is 17.8 Å². The molecule has 0 heterocycles. The minimum atomic E-state index is -0.597. The fourth-order valence-electron chi connectivity index (χ4n) is 5.81. The second kappa shape index (κ2) is 17.4. The van der Waals surface area contributed by atoms with Crippen LogP contribution in [0.25, 0.3) is 11.1 Å². The highest BCUT2D eigenvalue weighted by Gasteiger charge is 2.25. The maximum Gasteiger partial charge on any atom is 0.338 e. The summed E-state index contributed by atoms with van der Waals surface area (Å²) in [4.78, 5) is 25.2. The molecule has 0 unspecified atom stereocenters. The third-order valence-electron chi connectivity index (χ3n) is 8.44. The van der Waals surface area contributed by atoms with Crippen LogP contribution < -0.4 is 9.47 Å². The van der Waals surface area contributed by atoms with Gasteiger partial charge in [0, 0.05) is 22.3 Å². The predicted octanol–water partition coefficient (Wildman–Crippen LogP) is 10.3. The number of aryl methyl sites for hydroxylation is 1. The van der Waals surface area contributed by atoms with Gasteiger partial charge >= 0.3 is 11.9 Å². The maximum absolute atomic E-state index is 15.9. The van der Waals surface area contributed by atoms with Gasteiger partial charge in [-0.05, 0) is 106 Å². The third-order valence-corrected chi connectivity index (χ3v) is 8.75. The fourth-order valence-corrected chi connectivity index (χ4v) is 6.04. The van der Waals surface area contributed by atoms with Crippen LogP contribution in [0.4, 0.5) is 4.39 Å². The molecule has 2 aromatic carbocycles. The van der Waals surface area contributed by atoms with Crippen molar-refractivity contribution in [3.8, 4) is 22.6 Å². The van der Waals surface area contributed by atoms with Gasteiger partial charge < -0.3 is 9.47 Å². The van der Waals surface area contributed by atoms with Gasteiger partial charge in [-0.1, -0.05) is 70.7 Å². The van der Waals surface area contributed by atoms with Gasteiger partial charge in [-0.15, -0.1) is 0 Å². The van der Waals surface area contributed by atoms with E-state index in [-0.39, 0.29) is 22.5 Å². The van der Waals surface area contributed by atoms with E-state index in [4.69, 9.17) is 9.47 Å². The molecule has 1 aliphatic carbocycles. The number of hydrogen-bond acceptors (Lipinski definition) is 5. The molecular weight excluding hydrogens is 559 g/mol. The quantitative estimate of drug-likeness (QED) is 0.0677. The smallest absolute Gasteiger partial charge is 0.338 e. The Morgan fingerprint density at radius 2 is 1.49 bits per heavy atom. The summed E-state index contributed by atoms with van der Waals surface area (Å²) in [6.45, 7) is 12.8. The second-order valence-electron chi connectivity index (χ2n) is 12.1. The SMILES string of the molecule is C=C(C)C(=O)Oc1cc(-c2ccc(C3CCC(CCCCC)CC3)cc2F)c(OC(=O)C(=C)C)cc1CCCCCCS. The summed E-state index contributed by atoms with van der Waals surface area (Å²) in [7, 11) is 0. The first kappa shape index (κ1) is 34.6. The molecule has 1 aliphatic rings. The largest absolute Gasteiger partial charge is 0.423 e. The Bertz CT molecular complexity index is 1280. The van der Waals surface area contributed by atoms with Crippen molar-refractivity contribution in [2.24, 2.45) is 5.92 Å². The lowest BCUT2D eigenvalue weighted by atomic mass is 9.77. The Kier molecular flexibility index (Phi) is 14.0. The van der Waals surface area contributed by atoms with E-state index in [1.165, 1.54) is 38.5 Å². The highest BCUT2D eigenvalue weighted by Crippen LogP contribution is 2.42. The first-order chi connectivity index (χ1) is 20.6. The number of rotatable bonds is 16. The Morgan fingerprint density at radius 3 is 2.09 bits per heavy atom. The first-order valence-electron chi connectivity index (χ1n) is 16.0. The average molecular weight is 609 g/mol. The molecule has 0 saturated heterocycles. The van der Waals surface area contributed by atoms with Crippen molar-refractivity contribution in [3.05, 3.63) is 71.6 Å². The normalized spacial score (nSPS) is 16.5. The van der Waals surface area contributed by atoms with Crippen LogP contribution in [-0.2, 0) is 16.0 Å². The minimum Gasteiger partial charge on any atom is -0.423 e. The number of halogens is 1. The van der Waals surface area contributed by atoms with Crippen LogP contribution in [0.5, 0.6) is 11.5 Å². The van der Waals surface area contributed by atoms with E-state index in [1.807, 2.05) is 6.07 Å². The molecule has 6 heteroatoms. The van der Waals surface area contributed by atoms with Gasteiger partial charge in [-0.3, -0.25) is 0 Å². The number of unbranched alkanes of at least 4 members (excludes halogenated alkanes) is 5. The van der Waals surface area contributed by atoms with Crippen LogP contribution in [0.3, 0.4) is 0 Å². The van der Waals surface area contributed by atoms with Crippen molar-refractivity contribution in [2.45, 2.75) is 110 Å². The van der Waals surface area contributed by atoms with Crippen LogP contribution >= 0.6 is 12.6 Å². The van der Waals surface area contributed by atoms with Gasteiger partial charge in [0.1, 0.15) is 17.3 Å². The van der Waals surface area contributed by atoms with Gasteiger partial charge in [0.05, 0.1) is 0 Å². The third kappa shape index (κ3) is 10.4. The van der Waals surface area contributed by atoms with Gasteiger partial charge in [0.15, 0.2) is 0 Å². The maximum atomic E-state index is 15.9. The topological polar surface area (TPSA) is 52.6 Å². The highest BCUT2D eigenvalue weighted by molar-refractivity contribution is 7.80. The molecule has 0 atom stereocenters. The lowest BCUT2D eigenvalue weighted by molar-refractivity contribution is -0.131. The Hall–Kier alpha value is -2.86. The number of ether oxygens (including phenoxy) is 2. The van der Waals surface area contributed by atoms with Crippen molar-refractivity contribution in [1.82, 2.24) is 0 Å². The molecule has 1 fully saturated rings. The van der Waals surface area contributed by atoms with Crippen molar-refractivity contribution in [2.75, 3.05) is 5.75 Å². The molecule has 1 saturated carbocycles.